The van der Waals surface area contributed by atoms with Gasteiger partial charge in [-0.15, -0.1) is 0 Å². The highest BCUT2D eigenvalue weighted by molar-refractivity contribution is 6.07. The lowest BCUT2D eigenvalue weighted by Crippen LogP contribution is -2.51. The van der Waals surface area contributed by atoms with E-state index in [2.05, 4.69) is 16.7 Å². The lowest BCUT2D eigenvalue weighted by atomic mass is 9.94. The number of nitrogens with two attached hydrogens (primary N) is 1. The van der Waals surface area contributed by atoms with Gasteiger partial charge in [0.25, 0.3) is 0 Å². The predicted molar refractivity (Wildman–Crippen MR) is 109 cm³/mol. The molecule has 3 fully saturated rings. The van der Waals surface area contributed by atoms with Crippen molar-refractivity contribution in [1.82, 2.24) is 14.7 Å². The summed E-state index contributed by atoms with van der Waals surface area (Å²) in [6, 6.07) is 0.416. The molecule has 2 N–H and O–H groups in total. The standard InChI is InChI=1S/C21H38N4O3/c1-3-24-10-4-5-18(24)16-25(20(27)21(8-9-21)19(22)26)15-17-6-11-23(12-7-17)13-14-28-2/h17-18H,3-16H2,1-2H3,(H2,22,26). The van der Waals surface area contributed by atoms with Crippen LogP contribution in [0.1, 0.15) is 45.4 Å². The van der Waals surface area contributed by atoms with E-state index in [1.807, 2.05) is 4.90 Å². The Morgan fingerprint density at radius 1 is 1.14 bits per heavy atom. The average molecular weight is 395 g/mol. The van der Waals surface area contributed by atoms with Crippen molar-refractivity contribution < 1.29 is 14.3 Å². The van der Waals surface area contributed by atoms with Crippen molar-refractivity contribution in [2.24, 2.45) is 17.1 Å². The van der Waals surface area contributed by atoms with Gasteiger partial charge in [-0.25, -0.2) is 0 Å². The van der Waals surface area contributed by atoms with Crippen molar-refractivity contribution in [2.75, 3.05) is 59.5 Å². The van der Waals surface area contributed by atoms with Crippen LogP contribution in [0.25, 0.3) is 0 Å². The predicted octanol–water partition coefficient (Wildman–Crippen LogP) is 0.923. The molecule has 0 aromatic rings. The van der Waals surface area contributed by atoms with Crippen molar-refractivity contribution in [2.45, 2.75) is 51.5 Å². The van der Waals surface area contributed by atoms with E-state index in [1.165, 1.54) is 6.42 Å². The summed E-state index contributed by atoms with van der Waals surface area (Å²) in [6.07, 6.45) is 5.76. The molecule has 3 rings (SSSR count). The number of hydrogen-bond acceptors (Lipinski definition) is 5. The highest BCUT2D eigenvalue weighted by Crippen LogP contribution is 2.47. The summed E-state index contributed by atoms with van der Waals surface area (Å²) in [5, 5.41) is 0. The van der Waals surface area contributed by atoms with Crippen LogP contribution in [-0.2, 0) is 14.3 Å². The molecule has 0 spiro atoms. The number of carbonyl (C=O) groups is 2. The quantitative estimate of drug-likeness (QED) is 0.558. The Morgan fingerprint density at radius 3 is 2.43 bits per heavy atom. The van der Waals surface area contributed by atoms with Crippen LogP contribution in [0.5, 0.6) is 0 Å². The molecule has 2 amide bonds. The third-order valence-corrected chi connectivity index (χ3v) is 7.05. The van der Waals surface area contributed by atoms with E-state index in [9.17, 15) is 9.59 Å². The zero-order valence-corrected chi connectivity index (χ0v) is 17.7. The maximum atomic E-state index is 13.3. The number of methoxy groups -OCH3 is 1. The lowest BCUT2D eigenvalue weighted by molar-refractivity contribution is -0.144. The molecule has 3 aliphatic rings. The molecular formula is C21H38N4O3. The Hall–Kier alpha value is -1.18. The number of primary amides is 1. The fourth-order valence-corrected chi connectivity index (χ4v) is 4.93. The Labute approximate surface area is 169 Å². The molecule has 1 unspecified atom stereocenters. The minimum atomic E-state index is -0.908. The first-order valence-electron chi connectivity index (χ1n) is 11.0. The van der Waals surface area contributed by atoms with Crippen molar-refractivity contribution in [1.29, 1.82) is 0 Å². The molecule has 2 heterocycles. The molecule has 28 heavy (non-hydrogen) atoms. The Kier molecular flexibility index (Phi) is 7.34. The second kappa shape index (κ2) is 9.55. The monoisotopic (exact) mass is 394 g/mol. The normalized spacial score (nSPS) is 25.7. The molecule has 160 valence electrons. The molecule has 7 heteroatoms. The van der Waals surface area contributed by atoms with Crippen LogP contribution in [0.3, 0.4) is 0 Å². The van der Waals surface area contributed by atoms with Gasteiger partial charge in [0.2, 0.25) is 11.8 Å². The molecular weight excluding hydrogens is 356 g/mol. The Balaban J connectivity index is 1.62. The van der Waals surface area contributed by atoms with Gasteiger partial charge < -0.3 is 20.3 Å². The second-order valence-electron chi connectivity index (χ2n) is 8.86. The number of ether oxygens (including phenoxy) is 1. The summed E-state index contributed by atoms with van der Waals surface area (Å²) < 4.78 is 5.19. The largest absolute Gasteiger partial charge is 0.383 e. The van der Waals surface area contributed by atoms with Crippen molar-refractivity contribution >= 4 is 11.8 Å². The Bertz CT molecular complexity index is 544. The number of likely N-dealkylation sites (N-methyl/N-ethyl adjacent to an activating group) is 1. The van der Waals surface area contributed by atoms with Crippen molar-refractivity contribution in [3.63, 3.8) is 0 Å². The number of likely N-dealkylation sites (tertiary alicyclic amines) is 2. The van der Waals surface area contributed by atoms with E-state index in [-0.39, 0.29) is 5.91 Å². The highest BCUT2D eigenvalue weighted by atomic mass is 16.5. The first kappa shape index (κ1) is 21.5. The van der Waals surface area contributed by atoms with Crippen LogP contribution >= 0.6 is 0 Å². The molecule has 0 aromatic carbocycles. The third-order valence-electron chi connectivity index (χ3n) is 7.05. The van der Waals surface area contributed by atoms with Gasteiger partial charge >= 0.3 is 0 Å². The van der Waals surface area contributed by atoms with Crippen LogP contribution < -0.4 is 5.73 Å². The number of piperidine rings is 1. The smallest absolute Gasteiger partial charge is 0.238 e. The van der Waals surface area contributed by atoms with Gasteiger partial charge in [-0.2, -0.15) is 0 Å². The fraction of sp³-hybridized carbons (Fsp3) is 0.905. The molecule has 0 radical (unpaired) electrons. The molecule has 1 saturated carbocycles. The summed E-state index contributed by atoms with van der Waals surface area (Å²) in [7, 11) is 1.74. The van der Waals surface area contributed by atoms with Crippen molar-refractivity contribution in [3.8, 4) is 0 Å². The molecule has 0 aromatic heterocycles. The average Bonchev–Trinajstić information content (AvgIpc) is 3.40. The van der Waals surface area contributed by atoms with Gasteiger partial charge in [0, 0.05) is 32.8 Å². The van der Waals surface area contributed by atoms with Gasteiger partial charge in [0.15, 0.2) is 0 Å². The number of carbonyl (C=O) groups excluding carboxylic acids is 2. The van der Waals surface area contributed by atoms with Gasteiger partial charge in [-0.05, 0) is 70.6 Å². The van der Waals surface area contributed by atoms with Crippen LogP contribution in [0.15, 0.2) is 0 Å². The molecule has 1 aliphatic carbocycles. The van der Waals surface area contributed by atoms with Crippen LogP contribution in [0.4, 0.5) is 0 Å². The van der Waals surface area contributed by atoms with Gasteiger partial charge in [-0.3, -0.25) is 14.5 Å². The van der Waals surface area contributed by atoms with Crippen molar-refractivity contribution in [3.05, 3.63) is 0 Å². The number of nitrogens with zero attached hydrogens (tertiary/aromatic N) is 3. The number of rotatable bonds is 10. The van der Waals surface area contributed by atoms with Crippen LogP contribution in [0, 0.1) is 11.3 Å². The molecule has 2 saturated heterocycles. The highest BCUT2D eigenvalue weighted by Gasteiger charge is 2.57. The minimum Gasteiger partial charge on any atom is -0.383 e. The summed E-state index contributed by atoms with van der Waals surface area (Å²) in [6.45, 7) is 9.68. The van der Waals surface area contributed by atoms with Gasteiger partial charge in [0.05, 0.1) is 6.61 Å². The van der Waals surface area contributed by atoms with Gasteiger partial charge in [-0.1, -0.05) is 6.92 Å². The SMILES string of the molecule is CCN1CCCC1CN(CC1CCN(CCOC)CC1)C(=O)C1(C(N)=O)CC1. The van der Waals surface area contributed by atoms with E-state index in [0.717, 1.165) is 71.7 Å². The van der Waals surface area contributed by atoms with E-state index < -0.39 is 11.3 Å². The zero-order valence-electron chi connectivity index (χ0n) is 17.7. The zero-order chi connectivity index (χ0) is 20.1. The first-order valence-corrected chi connectivity index (χ1v) is 11.0. The summed E-state index contributed by atoms with van der Waals surface area (Å²) in [4.78, 5) is 32.2. The van der Waals surface area contributed by atoms with E-state index in [4.69, 9.17) is 10.5 Å². The minimum absolute atomic E-state index is 0.00948. The maximum absolute atomic E-state index is 13.3. The summed E-state index contributed by atoms with van der Waals surface area (Å²) >= 11 is 0. The van der Waals surface area contributed by atoms with E-state index >= 15 is 0 Å². The first-order chi connectivity index (χ1) is 13.5. The summed E-state index contributed by atoms with van der Waals surface area (Å²) in [5.74, 6) is 0.0586. The third kappa shape index (κ3) is 4.86. The number of hydrogen-bond donors (Lipinski definition) is 1. The molecule has 2 aliphatic heterocycles. The molecule has 7 nitrogen and oxygen atoms in total. The fourth-order valence-electron chi connectivity index (χ4n) is 4.93. The van der Waals surface area contributed by atoms with Gasteiger partial charge in [0.1, 0.15) is 5.41 Å². The van der Waals surface area contributed by atoms with Crippen LogP contribution in [-0.4, -0.2) is 92.1 Å². The van der Waals surface area contributed by atoms with E-state index in [0.29, 0.717) is 24.8 Å². The Morgan fingerprint density at radius 2 is 1.86 bits per heavy atom. The molecule has 0 bridgehead atoms. The topological polar surface area (TPSA) is 79.1 Å². The van der Waals surface area contributed by atoms with Crippen LogP contribution in [0.2, 0.25) is 0 Å². The summed E-state index contributed by atoms with van der Waals surface area (Å²) in [5.41, 5.74) is 4.71. The number of amides is 2. The van der Waals surface area contributed by atoms with E-state index in [1.54, 1.807) is 7.11 Å². The second-order valence-corrected chi connectivity index (χ2v) is 8.86. The maximum Gasteiger partial charge on any atom is 0.238 e. The molecule has 1 atom stereocenters. The lowest BCUT2D eigenvalue weighted by Gasteiger charge is -2.37.